The highest BCUT2D eigenvalue weighted by Gasteiger charge is 2.35. The van der Waals surface area contributed by atoms with Crippen LogP contribution in [0.5, 0.6) is 0 Å². The molecule has 2 rings (SSSR count). The van der Waals surface area contributed by atoms with E-state index in [1.54, 1.807) is 0 Å². The van der Waals surface area contributed by atoms with Gasteiger partial charge < -0.3 is 5.73 Å². The highest BCUT2D eigenvalue weighted by molar-refractivity contribution is 4.90. The largest absolute Gasteiger partial charge is 0.330 e. The van der Waals surface area contributed by atoms with Gasteiger partial charge >= 0.3 is 0 Å². The predicted molar refractivity (Wildman–Crippen MR) is 78.6 cm³/mol. The SMILES string of the molecule is CCC1CCC(N(CC)C2CCCC2CN)CC1. The van der Waals surface area contributed by atoms with Crippen molar-refractivity contribution in [2.24, 2.45) is 17.6 Å². The molecule has 0 heterocycles. The highest BCUT2D eigenvalue weighted by atomic mass is 15.2. The van der Waals surface area contributed by atoms with E-state index in [9.17, 15) is 0 Å². The number of nitrogens with zero attached hydrogens (tertiary/aromatic N) is 1. The second-order valence-corrected chi connectivity index (χ2v) is 6.41. The molecule has 2 nitrogen and oxygen atoms in total. The zero-order valence-electron chi connectivity index (χ0n) is 12.4. The molecule has 0 saturated heterocycles. The van der Waals surface area contributed by atoms with E-state index in [1.165, 1.54) is 57.9 Å². The van der Waals surface area contributed by atoms with Crippen molar-refractivity contribution >= 4 is 0 Å². The first-order chi connectivity index (χ1) is 8.80. The van der Waals surface area contributed by atoms with Gasteiger partial charge in [-0.1, -0.05) is 26.7 Å². The first-order valence-corrected chi connectivity index (χ1v) is 8.25. The molecular formula is C16H32N2. The third kappa shape index (κ3) is 3.08. The smallest absolute Gasteiger partial charge is 0.0138 e. The molecule has 2 aliphatic carbocycles. The van der Waals surface area contributed by atoms with Crippen LogP contribution in [-0.4, -0.2) is 30.1 Å². The Morgan fingerprint density at radius 1 is 1.00 bits per heavy atom. The van der Waals surface area contributed by atoms with Gasteiger partial charge in [0.1, 0.15) is 0 Å². The maximum absolute atomic E-state index is 5.96. The standard InChI is InChI=1S/C16H32N2/c1-3-13-8-10-15(11-9-13)18(4-2)16-7-5-6-14(16)12-17/h13-16H,3-12,17H2,1-2H3. The summed E-state index contributed by atoms with van der Waals surface area (Å²) in [5.74, 6) is 1.78. The van der Waals surface area contributed by atoms with Gasteiger partial charge in [0.05, 0.1) is 0 Å². The van der Waals surface area contributed by atoms with Gasteiger partial charge in [0.2, 0.25) is 0 Å². The number of hydrogen-bond donors (Lipinski definition) is 1. The van der Waals surface area contributed by atoms with Crippen LogP contribution in [0.3, 0.4) is 0 Å². The van der Waals surface area contributed by atoms with Crippen molar-refractivity contribution in [3.63, 3.8) is 0 Å². The van der Waals surface area contributed by atoms with Crippen molar-refractivity contribution in [2.45, 2.75) is 77.3 Å². The van der Waals surface area contributed by atoms with Crippen LogP contribution in [-0.2, 0) is 0 Å². The van der Waals surface area contributed by atoms with Gasteiger partial charge in [-0.3, -0.25) is 4.90 Å². The van der Waals surface area contributed by atoms with E-state index in [0.29, 0.717) is 0 Å². The van der Waals surface area contributed by atoms with E-state index >= 15 is 0 Å². The summed E-state index contributed by atoms with van der Waals surface area (Å²) in [6, 6.07) is 1.65. The second kappa shape index (κ2) is 6.91. The molecule has 0 aromatic rings. The lowest BCUT2D eigenvalue weighted by molar-refractivity contribution is 0.0775. The van der Waals surface area contributed by atoms with Crippen LogP contribution < -0.4 is 5.73 Å². The molecule has 0 bridgehead atoms. The van der Waals surface area contributed by atoms with E-state index in [-0.39, 0.29) is 0 Å². The second-order valence-electron chi connectivity index (χ2n) is 6.41. The van der Waals surface area contributed by atoms with Crippen LogP contribution in [0.2, 0.25) is 0 Å². The van der Waals surface area contributed by atoms with Crippen molar-refractivity contribution < 1.29 is 0 Å². The number of hydrogen-bond acceptors (Lipinski definition) is 2. The minimum absolute atomic E-state index is 0.772. The summed E-state index contributed by atoms with van der Waals surface area (Å²) in [4.78, 5) is 2.82. The Balaban J connectivity index is 1.92. The molecule has 0 spiro atoms. The van der Waals surface area contributed by atoms with Crippen LogP contribution in [0, 0.1) is 11.8 Å². The topological polar surface area (TPSA) is 29.3 Å². The molecule has 2 aliphatic rings. The monoisotopic (exact) mass is 252 g/mol. The molecule has 2 N–H and O–H groups in total. The quantitative estimate of drug-likeness (QED) is 0.812. The van der Waals surface area contributed by atoms with E-state index in [2.05, 4.69) is 18.7 Å². The van der Waals surface area contributed by atoms with E-state index in [0.717, 1.165) is 30.5 Å². The zero-order valence-corrected chi connectivity index (χ0v) is 12.4. The average molecular weight is 252 g/mol. The van der Waals surface area contributed by atoms with Gasteiger partial charge in [-0.15, -0.1) is 0 Å². The molecule has 0 amide bonds. The summed E-state index contributed by atoms with van der Waals surface area (Å²) in [7, 11) is 0. The van der Waals surface area contributed by atoms with Crippen molar-refractivity contribution in [1.29, 1.82) is 0 Å². The minimum Gasteiger partial charge on any atom is -0.330 e. The fraction of sp³-hybridized carbons (Fsp3) is 1.00. The Kier molecular flexibility index (Phi) is 5.50. The van der Waals surface area contributed by atoms with Crippen LogP contribution >= 0.6 is 0 Å². The maximum Gasteiger partial charge on any atom is 0.0138 e. The van der Waals surface area contributed by atoms with Gasteiger partial charge in [0, 0.05) is 12.1 Å². The van der Waals surface area contributed by atoms with Gasteiger partial charge in [-0.05, 0) is 63.5 Å². The van der Waals surface area contributed by atoms with Gasteiger partial charge in [-0.25, -0.2) is 0 Å². The van der Waals surface area contributed by atoms with Crippen molar-refractivity contribution in [3.05, 3.63) is 0 Å². The summed E-state index contributed by atoms with van der Waals surface area (Å²) in [6.45, 7) is 6.82. The molecule has 0 aromatic carbocycles. The lowest BCUT2D eigenvalue weighted by Crippen LogP contribution is -2.47. The Morgan fingerprint density at radius 2 is 1.72 bits per heavy atom. The van der Waals surface area contributed by atoms with Crippen molar-refractivity contribution in [3.8, 4) is 0 Å². The minimum atomic E-state index is 0.772. The van der Waals surface area contributed by atoms with Gasteiger partial charge in [0.15, 0.2) is 0 Å². The summed E-state index contributed by atoms with van der Waals surface area (Å²) in [5, 5.41) is 0. The number of nitrogens with two attached hydrogens (primary N) is 1. The molecule has 106 valence electrons. The first-order valence-electron chi connectivity index (χ1n) is 8.25. The molecule has 2 heteroatoms. The molecule has 2 atom stereocenters. The molecule has 18 heavy (non-hydrogen) atoms. The normalized spacial score (nSPS) is 37.3. The molecule has 2 saturated carbocycles. The van der Waals surface area contributed by atoms with E-state index in [1.807, 2.05) is 0 Å². The Hall–Kier alpha value is -0.0800. The summed E-state index contributed by atoms with van der Waals surface area (Å²) < 4.78 is 0. The first kappa shape index (κ1) is 14.3. The zero-order chi connectivity index (χ0) is 13.0. The van der Waals surface area contributed by atoms with Gasteiger partial charge in [0.25, 0.3) is 0 Å². The molecular weight excluding hydrogens is 220 g/mol. The van der Waals surface area contributed by atoms with E-state index in [4.69, 9.17) is 5.73 Å². The van der Waals surface area contributed by atoms with Gasteiger partial charge in [-0.2, -0.15) is 0 Å². The van der Waals surface area contributed by atoms with Crippen LogP contribution in [0.4, 0.5) is 0 Å². The average Bonchev–Trinajstić information content (AvgIpc) is 2.89. The fourth-order valence-electron chi connectivity index (χ4n) is 4.38. The number of rotatable bonds is 5. The summed E-state index contributed by atoms with van der Waals surface area (Å²) >= 11 is 0. The van der Waals surface area contributed by atoms with Crippen LogP contribution in [0.15, 0.2) is 0 Å². The Bertz CT molecular complexity index is 233. The summed E-state index contributed by atoms with van der Waals surface area (Å²) in [5.41, 5.74) is 5.96. The Morgan fingerprint density at radius 3 is 2.28 bits per heavy atom. The van der Waals surface area contributed by atoms with Crippen molar-refractivity contribution in [2.75, 3.05) is 13.1 Å². The predicted octanol–water partition coefficient (Wildman–Crippen LogP) is 3.40. The maximum atomic E-state index is 5.96. The molecule has 2 unspecified atom stereocenters. The van der Waals surface area contributed by atoms with Crippen LogP contribution in [0.1, 0.15) is 65.2 Å². The third-order valence-corrected chi connectivity index (χ3v) is 5.58. The summed E-state index contributed by atoms with van der Waals surface area (Å²) in [6.07, 6.45) is 11.3. The third-order valence-electron chi connectivity index (χ3n) is 5.58. The van der Waals surface area contributed by atoms with Crippen molar-refractivity contribution in [1.82, 2.24) is 4.90 Å². The van der Waals surface area contributed by atoms with Crippen LogP contribution in [0.25, 0.3) is 0 Å². The molecule has 0 aromatic heterocycles. The highest BCUT2D eigenvalue weighted by Crippen LogP contribution is 2.35. The molecule has 2 fully saturated rings. The molecule has 0 radical (unpaired) electrons. The van der Waals surface area contributed by atoms with E-state index < -0.39 is 0 Å². The molecule has 0 aliphatic heterocycles. The Labute approximate surface area is 113 Å². The lowest BCUT2D eigenvalue weighted by Gasteiger charge is -2.41. The fourth-order valence-corrected chi connectivity index (χ4v) is 4.38. The lowest BCUT2D eigenvalue weighted by atomic mass is 9.83.